The minimum Gasteiger partial charge on any atom is -0.355 e. The summed E-state index contributed by atoms with van der Waals surface area (Å²) in [6.07, 6.45) is 2.61. The number of carbonyl (C=O) groups excluding carboxylic acids is 2. The second-order valence-electron chi connectivity index (χ2n) is 4.71. The van der Waals surface area contributed by atoms with Crippen molar-refractivity contribution in [3.8, 4) is 0 Å². The van der Waals surface area contributed by atoms with E-state index in [1.54, 1.807) is 0 Å². The SMILES string of the molecule is Cl.NCCNC(=O)CCCc1ccc2c(c1)CC(=O)N2. The third kappa shape index (κ3) is 4.51. The number of fused-ring (bicyclic) bond motifs is 1. The fraction of sp³-hybridized carbons (Fsp3) is 0.429. The zero-order chi connectivity index (χ0) is 13.7. The average molecular weight is 298 g/mol. The van der Waals surface area contributed by atoms with E-state index in [-0.39, 0.29) is 24.2 Å². The molecule has 0 saturated carbocycles. The highest BCUT2D eigenvalue weighted by Crippen LogP contribution is 2.24. The Labute approximate surface area is 124 Å². The largest absolute Gasteiger partial charge is 0.355 e. The van der Waals surface area contributed by atoms with Gasteiger partial charge in [-0.05, 0) is 30.0 Å². The van der Waals surface area contributed by atoms with Crippen molar-refractivity contribution < 1.29 is 9.59 Å². The van der Waals surface area contributed by atoms with Crippen LogP contribution in [0.25, 0.3) is 0 Å². The Morgan fingerprint density at radius 1 is 1.40 bits per heavy atom. The molecule has 4 N–H and O–H groups in total. The highest BCUT2D eigenvalue weighted by Gasteiger charge is 2.17. The Balaban J connectivity index is 0.00000200. The summed E-state index contributed by atoms with van der Waals surface area (Å²) in [4.78, 5) is 22.6. The summed E-state index contributed by atoms with van der Waals surface area (Å²) in [5, 5.41) is 5.55. The van der Waals surface area contributed by atoms with E-state index in [9.17, 15) is 9.59 Å². The number of hydrogen-bond donors (Lipinski definition) is 3. The Kier molecular flexibility index (Phi) is 6.48. The van der Waals surface area contributed by atoms with Gasteiger partial charge in [-0.2, -0.15) is 0 Å². The molecule has 0 aliphatic carbocycles. The molecule has 1 aliphatic rings. The number of halogens is 1. The van der Waals surface area contributed by atoms with Crippen LogP contribution < -0.4 is 16.4 Å². The van der Waals surface area contributed by atoms with Crippen LogP contribution in [0.4, 0.5) is 5.69 Å². The molecule has 6 heteroatoms. The van der Waals surface area contributed by atoms with Crippen LogP contribution in [0.3, 0.4) is 0 Å². The van der Waals surface area contributed by atoms with Gasteiger partial charge < -0.3 is 16.4 Å². The Morgan fingerprint density at radius 2 is 2.20 bits per heavy atom. The smallest absolute Gasteiger partial charge is 0.228 e. The molecule has 0 spiro atoms. The topological polar surface area (TPSA) is 84.2 Å². The van der Waals surface area contributed by atoms with Crippen LogP contribution in [0, 0.1) is 0 Å². The molecule has 0 fully saturated rings. The molecule has 2 rings (SSSR count). The maximum atomic E-state index is 11.4. The van der Waals surface area contributed by atoms with E-state index < -0.39 is 0 Å². The lowest BCUT2D eigenvalue weighted by Gasteiger charge is -2.05. The summed E-state index contributed by atoms with van der Waals surface area (Å²) in [6.45, 7) is 1.00. The molecule has 0 atom stereocenters. The van der Waals surface area contributed by atoms with Gasteiger partial charge in [-0.3, -0.25) is 9.59 Å². The minimum absolute atomic E-state index is 0. The summed E-state index contributed by atoms with van der Waals surface area (Å²) in [5.41, 5.74) is 8.44. The number of nitrogens with one attached hydrogen (secondary N) is 2. The lowest BCUT2D eigenvalue weighted by molar-refractivity contribution is -0.121. The molecule has 1 aliphatic heterocycles. The van der Waals surface area contributed by atoms with Gasteiger partial charge in [0.1, 0.15) is 0 Å². The number of hydrogen-bond acceptors (Lipinski definition) is 3. The van der Waals surface area contributed by atoms with Crippen LogP contribution >= 0.6 is 12.4 Å². The van der Waals surface area contributed by atoms with Crippen molar-refractivity contribution in [1.29, 1.82) is 0 Å². The second-order valence-corrected chi connectivity index (χ2v) is 4.71. The molecule has 20 heavy (non-hydrogen) atoms. The number of carbonyl (C=O) groups is 2. The molecule has 0 radical (unpaired) electrons. The van der Waals surface area contributed by atoms with Crippen LogP contribution in [0.2, 0.25) is 0 Å². The van der Waals surface area contributed by atoms with Gasteiger partial charge in [-0.25, -0.2) is 0 Å². The highest BCUT2D eigenvalue weighted by molar-refractivity contribution is 5.99. The predicted molar refractivity (Wildman–Crippen MR) is 81.0 cm³/mol. The van der Waals surface area contributed by atoms with Crippen LogP contribution in [-0.2, 0) is 22.4 Å². The third-order valence-electron chi connectivity index (χ3n) is 3.13. The number of rotatable bonds is 6. The average Bonchev–Trinajstić information content (AvgIpc) is 2.75. The standard InChI is InChI=1S/C14H19N3O2.ClH/c15-6-7-16-13(18)3-1-2-10-4-5-12-11(8-10)9-14(19)17-12;/h4-5,8H,1-3,6-7,9,15H2,(H,16,18)(H,17,19);1H. The van der Waals surface area contributed by atoms with Gasteiger partial charge in [0, 0.05) is 25.2 Å². The van der Waals surface area contributed by atoms with E-state index in [0.717, 1.165) is 24.1 Å². The molecule has 1 heterocycles. The summed E-state index contributed by atoms with van der Waals surface area (Å²) in [7, 11) is 0. The summed E-state index contributed by atoms with van der Waals surface area (Å²) < 4.78 is 0. The van der Waals surface area contributed by atoms with Crippen molar-refractivity contribution in [2.24, 2.45) is 5.73 Å². The van der Waals surface area contributed by atoms with Crippen molar-refractivity contribution >= 4 is 29.9 Å². The van der Waals surface area contributed by atoms with Gasteiger partial charge in [0.05, 0.1) is 6.42 Å². The molecule has 0 bridgehead atoms. The van der Waals surface area contributed by atoms with Crippen LogP contribution in [-0.4, -0.2) is 24.9 Å². The van der Waals surface area contributed by atoms with Crippen molar-refractivity contribution in [3.63, 3.8) is 0 Å². The first-order chi connectivity index (χ1) is 9.19. The normalized spacial score (nSPS) is 12.3. The number of benzene rings is 1. The molecular formula is C14H20ClN3O2. The summed E-state index contributed by atoms with van der Waals surface area (Å²) >= 11 is 0. The number of anilines is 1. The maximum absolute atomic E-state index is 11.4. The minimum atomic E-state index is 0. The van der Waals surface area contributed by atoms with Crippen molar-refractivity contribution in [2.75, 3.05) is 18.4 Å². The van der Waals surface area contributed by atoms with Gasteiger partial charge in [-0.1, -0.05) is 12.1 Å². The van der Waals surface area contributed by atoms with E-state index in [1.807, 2.05) is 18.2 Å². The van der Waals surface area contributed by atoms with E-state index in [0.29, 0.717) is 25.9 Å². The predicted octanol–water partition coefficient (Wildman–Crippen LogP) is 1.00. The van der Waals surface area contributed by atoms with Gasteiger partial charge in [0.2, 0.25) is 11.8 Å². The van der Waals surface area contributed by atoms with Crippen molar-refractivity contribution in [2.45, 2.75) is 25.7 Å². The van der Waals surface area contributed by atoms with Crippen LogP contribution in [0.5, 0.6) is 0 Å². The first-order valence-electron chi connectivity index (χ1n) is 6.57. The Morgan fingerprint density at radius 3 is 2.95 bits per heavy atom. The zero-order valence-corrected chi connectivity index (χ0v) is 12.1. The van der Waals surface area contributed by atoms with Gasteiger partial charge in [-0.15, -0.1) is 12.4 Å². The number of nitrogens with two attached hydrogens (primary N) is 1. The molecule has 110 valence electrons. The summed E-state index contributed by atoms with van der Waals surface area (Å²) in [6, 6.07) is 5.98. The van der Waals surface area contributed by atoms with Crippen molar-refractivity contribution in [1.82, 2.24) is 5.32 Å². The van der Waals surface area contributed by atoms with E-state index in [1.165, 1.54) is 5.56 Å². The van der Waals surface area contributed by atoms with Gasteiger partial charge >= 0.3 is 0 Å². The third-order valence-corrected chi connectivity index (χ3v) is 3.13. The Hall–Kier alpha value is -1.59. The molecule has 2 amide bonds. The fourth-order valence-corrected chi connectivity index (χ4v) is 2.19. The van der Waals surface area contributed by atoms with E-state index in [4.69, 9.17) is 5.73 Å². The molecule has 0 unspecified atom stereocenters. The van der Waals surface area contributed by atoms with Gasteiger partial charge in [0.15, 0.2) is 0 Å². The van der Waals surface area contributed by atoms with Crippen LogP contribution in [0.15, 0.2) is 18.2 Å². The molecular weight excluding hydrogens is 278 g/mol. The first-order valence-corrected chi connectivity index (χ1v) is 6.57. The molecule has 5 nitrogen and oxygen atoms in total. The van der Waals surface area contributed by atoms with E-state index >= 15 is 0 Å². The number of aryl methyl sites for hydroxylation is 1. The van der Waals surface area contributed by atoms with Crippen molar-refractivity contribution in [3.05, 3.63) is 29.3 Å². The lowest BCUT2D eigenvalue weighted by atomic mass is 10.0. The zero-order valence-electron chi connectivity index (χ0n) is 11.3. The first kappa shape index (κ1) is 16.5. The lowest BCUT2D eigenvalue weighted by Crippen LogP contribution is -2.28. The molecule has 1 aromatic carbocycles. The quantitative estimate of drug-likeness (QED) is 0.732. The molecule has 0 aromatic heterocycles. The monoisotopic (exact) mass is 297 g/mol. The van der Waals surface area contributed by atoms with Crippen LogP contribution in [0.1, 0.15) is 24.0 Å². The summed E-state index contributed by atoms with van der Waals surface area (Å²) in [5.74, 6) is 0.0942. The number of amides is 2. The highest BCUT2D eigenvalue weighted by atomic mass is 35.5. The maximum Gasteiger partial charge on any atom is 0.228 e. The second kappa shape index (κ2) is 7.87. The fourth-order valence-electron chi connectivity index (χ4n) is 2.19. The van der Waals surface area contributed by atoms with Gasteiger partial charge in [0.25, 0.3) is 0 Å². The molecule has 0 saturated heterocycles. The van der Waals surface area contributed by atoms with E-state index in [2.05, 4.69) is 10.6 Å². The Bertz CT molecular complexity index is 491. The molecule has 1 aromatic rings.